The number of aryl methyl sites for hydroxylation is 1. The summed E-state index contributed by atoms with van der Waals surface area (Å²) in [6.45, 7) is 3.84. The minimum atomic E-state index is -0.500. The summed E-state index contributed by atoms with van der Waals surface area (Å²) in [4.78, 5) is 18.4. The molecular formula is C10H13N5O2S. The van der Waals surface area contributed by atoms with Gasteiger partial charge in [-0.1, -0.05) is 0 Å². The van der Waals surface area contributed by atoms with Crippen LogP contribution in [-0.4, -0.2) is 19.5 Å². The lowest BCUT2D eigenvalue weighted by Crippen LogP contribution is -2.29. The van der Waals surface area contributed by atoms with Crippen molar-refractivity contribution in [3.63, 3.8) is 0 Å². The Kier molecular flexibility index (Phi) is 3.04. The lowest BCUT2D eigenvalue weighted by atomic mass is 10.1. The third kappa shape index (κ3) is 2.19. The van der Waals surface area contributed by atoms with E-state index in [9.17, 15) is 10.1 Å². The molecule has 8 heteroatoms. The van der Waals surface area contributed by atoms with Crippen molar-refractivity contribution < 1.29 is 4.92 Å². The van der Waals surface area contributed by atoms with E-state index in [0.29, 0.717) is 5.82 Å². The summed E-state index contributed by atoms with van der Waals surface area (Å²) in [6, 6.07) is 0. The first kappa shape index (κ1) is 12.5. The Labute approximate surface area is 108 Å². The molecule has 18 heavy (non-hydrogen) atoms. The predicted octanol–water partition coefficient (Wildman–Crippen LogP) is 2.13. The van der Waals surface area contributed by atoms with Crippen molar-refractivity contribution in [3.8, 4) is 0 Å². The molecule has 0 saturated heterocycles. The normalized spacial score (nSPS) is 11.5. The molecule has 0 atom stereocenters. The molecule has 0 bridgehead atoms. The monoisotopic (exact) mass is 267 g/mol. The molecule has 2 rings (SSSR count). The van der Waals surface area contributed by atoms with E-state index < -0.39 is 10.5 Å². The Morgan fingerprint density at radius 2 is 2.22 bits per heavy atom. The van der Waals surface area contributed by atoms with Gasteiger partial charge in [0.2, 0.25) is 12.1 Å². The first-order valence-electron chi connectivity index (χ1n) is 5.25. The molecule has 1 N–H and O–H groups in total. The van der Waals surface area contributed by atoms with Crippen LogP contribution in [0, 0.1) is 10.1 Å². The Morgan fingerprint density at radius 3 is 2.78 bits per heavy atom. The molecule has 7 nitrogen and oxygen atoms in total. The van der Waals surface area contributed by atoms with Gasteiger partial charge < -0.3 is 15.4 Å². The highest BCUT2D eigenvalue weighted by atomic mass is 32.1. The van der Waals surface area contributed by atoms with Crippen molar-refractivity contribution in [2.45, 2.75) is 19.4 Å². The average molecular weight is 267 g/mol. The fourth-order valence-corrected chi connectivity index (χ4v) is 2.30. The van der Waals surface area contributed by atoms with Crippen LogP contribution in [0.15, 0.2) is 17.9 Å². The second kappa shape index (κ2) is 4.37. The Morgan fingerprint density at radius 1 is 1.50 bits per heavy atom. The van der Waals surface area contributed by atoms with Crippen molar-refractivity contribution in [1.29, 1.82) is 0 Å². The van der Waals surface area contributed by atoms with Gasteiger partial charge in [-0.15, -0.1) is 11.3 Å². The molecular weight excluding hydrogens is 254 g/mol. The molecule has 0 aliphatic rings. The maximum Gasteiger partial charge on any atom is 0.406 e. The van der Waals surface area contributed by atoms with Crippen LogP contribution in [0.1, 0.15) is 18.9 Å². The summed E-state index contributed by atoms with van der Waals surface area (Å²) in [6.07, 6.45) is 3.12. The zero-order valence-electron chi connectivity index (χ0n) is 10.2. The number of hydrogen-bond donors (Lipinski definition) is 1. The molecule has 0 saturated carbocycles. The molecule has 2 heterocycles. The van der Waals surface area contributed by atoms with Gasteiger partial charge in [0, 0.05) is 18.6 Å². The number of thiazole rings is 1. The fraction of sp³-hybridized carbons (Fsp3) is 0.400. The standard InChI is InChI=1S/C10H13N5O2S/c1-10(2,9-11-4-5-18-9)13-8-7(15(16)17)12-6-14(8)3/h4-6,13H,1-3H3. The van der Waals surface area contributed by atoms with Crippen LogP contribution >= 0.6 is 11.3 Å². The van der Waals surface area contributed by atoms with Gasteiger partial charge in [0.05, 0.1) is 5.54 Å². The summed E-state index contributed by atoms with van der Waals surface area (Å²) in [5, 5.41) is 16.7. The van der Waals surface area contributed by atoms with Crippen LogP contribution in [0.5, 0.6) is 0 Å². The number of nitrogens with zero attached hydrogens (tertiary/aromatic N) is 4. The van der Waals surface area contributed by atoms with Crippen LogP contribution in [0.3, 0.4) is 0 Å². The van der Waals surface area contributed by atoms with Crippen LogP contribution in [-0.2, 0) is 12.6 Å². The van der Waals surface area contributed by atoms with Crippen molar-refractivity contribution in [1.82, 2.24) is 14.5 Å². The van der Waals surface area contributed by atoms with Crippen LogP contribution in [0.2, 0.25) is 0 Å². The van der Waals surface area contributed by atoms with E-state index in [1.807, 2.05) is 19.2 Å². The molecule has 0 aliphatic heterocycles. The molecule has 0 radical (unpaired) electrons. The summed E-state index contributed by atoms with van der Waals surface area (Å²) in [5.74, 6) is 0.197. The molecule has 0 fully saturated rings. The maximum absolute atomic E-state index is 10.9. The third-order valence-electron chi connectivity index (χ3n) is 2.49. The van der Waals surface area contributed by atoms with E-state index in [2.05, 4.69) is 15.3 Å². The molecule has 0 unspecified atom stereocenters. The smallest absolute Gasteiger partial charge is 0.358 e. The van der Waals surface area contributed by atoms with Gasteiger partial charge in [0.25, 0.3) is 0 Å². The van der Waals surface area contributed by atoms with Gasteiger partial charge in [0.15, 0.2) is 0 Å². The van der Waals surface area contributed by atoms with Crippen molar-refractivity contribution in [2.24, 2.45) is 7.05 Å². The lowest BCUT2D eigenvalue weighted by molar-refractivity contribution is -0.388. The van der Waals surface area contributed by atoms with Gasteiger partial charge in [0.1, 0.15) is 5.01 Å². The van der Waals surface area contributed by atoms with Crippen molar-refractivity contribution >= 4 is 23.0 Å². The molecule has 0 aliphatic carbocycles. The molecule has 0 aromatic carbocycles. The second-order valence-corrected chi connectivity index (χ2v) is 5.27. The quantitative estimate of drug-likeness (QED) is 0.677. The average Bonchev–Trinajstić information content (AvgIpc) is 2.89. The highest BCUT2D eigenvalue weighted by Gasteiger charge is 2.29. The highest BCUT2D eigenvalue weighted by molar-refractivity contribution is 7.09. The first-order chi connectivity index (χ1) is 8.42. The molecule has 0 spiro atoms. The zero-order valence-corrected chi connectivity index (χ0v) is 11.1. The summed E-state index contributed by atoms with van der Waals surface area (Å²) < 4.78 is 1.59. The zero-order chi connectivity index (χ0) is 13.3. The number of nitro groups is 1. The summed E-state index contributed by atoms with van der Waals surface area (Å²) in [7, 11) is 1.71. The van der Waals surface area contributed by atoms with E-state index in [0.717, 1.165) is 5.01 Å². The molecule has 2 aromatic rings. The lowest BCUT2D eigenvalue weighted by Gasteiger charge is -2.24. The fourth-order valence-electron chi connectivity index (χ4n) is 1.58. The van der Waals surface area contributed by atoms with Gasteiger partial charge in [-0.25, -0.2) is 4.98 Å². The largest absolute Gasteiger partial charge is 0.406 e. The summed E-state index contributed by atoms with van der Waals surface area (Å²) >= 11 is 1.50. The Hall–Kier alpha value is -1.96. The number of nitrogens with one attached hydrogen (secondary N) is 1. The number of aromatic nitrogens is 3. The van der Waals surface area contributed by atoms with Gasteiger partial charge in [-0.05, 0) is 23.8 Å². The summed E-state index contributed by atoms with van der Waals surface area (Å²) in [5.41, 5.74) is -0.493. The van der Waals surface area contributed by atoms with Crippen LogP contribution < -0.4 is 5.32 Å². The Balaban J connectivity index is 2.34. The number of hydrogen-bond acceptors (Lipinski definition) is 6. The van der Waals surface area contributed by atoms with E-state index in [1.165, 1.54) is 17.7 Å². The molecule has 2 aromatic heterocycles. The van der Waals surface area contributed by atoms with E-state index >= 15 is 0 Å². The van der Waals surface area contributed by atoms with E-state index in [4.69, 9.17) is 0 Å². The number of rotatable bonds is 4. The van der Waals surface area contributed by atoms with Crippen LogP contribution in [0.25, 0.3) is 0 Å². The second-order valence-electron chi connectivity index (χ2n) is 4.37. The predicted molar refractivity (Wildman–Crippen MR) is 68.6 cm³/mol. The van der Waals surface area contributed by atoms with Crippen LogP contribution in [0.4, 0.5) is 11.6 Å². The third-order valence-corrected chi connectivity index (χ3v) is 3.59. The van der Waals surface area contributed by atoms with Gasteiger partial charge in [-0.3, -0.25) is 4.57 Å². The molecule has 0 amide bonds. The SMILES string of the molecule is Cn1cnc([N+](=O)[O-])c1NC(C)(C)c1nccs1. The van der Waals surface area contributed by atoms with Gasteiger partial charge >= 0.3 is 5.82 Å². The minimum absolute atomic E-state index is 0.179. The van der Waals surface area contributed by atoms with Gasteiger partial charge in [-0.2, -0.15) is 0 Å². The molecule has 96 valence electrons. The first-order valence-corrected chi connectivity index (χ1v) is 6.13. The van der Waals surface area contributed by atoms with Crippen molar-refractivity contribution in [2.75, 3.05) is 5.32 Å². The number of anilines is 1. The highest BCUT2D eigenvalue weighted by Crippen LogP contribution is 2.30. The maximum atomic E-state index is 10.9. The number of imidazole rings is 1. The van der Waals surface area contributed by atoms with E-state index in [1.54, 1.807) is 17.8 Å². The van der Waals surface area contributed by atoms with Crippen molar-refractivity contribution in [3.05, 3.63) is 33.0 Å². The Bertz CT molecular complexity index is 561. The topological polar surface area (TPSA) is 85.9 Å². The minimum Gasteiger partial charge on any atom is -0.358 e. The van der Waals surface area contributed by atoms with E-state index in [-0.39, 0.29) is 5.82 Å².